The molecule has 0 amide bonds. The second-order valence-electron chi connectivity index (χ2n) is 3.85. The van der Waals surface area contributed by atoms with Crippen LogP contribution in [-0.2, 0) is 17.1 Å². The Balaban J connectivity index is 2.46. The maximum atomic E-state index is 13.0. The summed E-state index contributed by atoms with van der Waals surface area (Å²) in [6.45, 7) is 0. The van der Waals surface area contributed by atoms with Gasteiger partial charge in [-0.15, -0.1) is 0 Å². The van der Waals surface area contributed by atoms with Crippen LogP contribution < -0.4 is 4.72 Å². The number of aryl methyl sites for hydroxylation is 1. The second kappa shape index (κ2) is 4.89. The highest BCUT2D eigenvalue weighted by Crippen LogP contribution is 2.26. The highest BCUT2D eigenvalue weighted by atomic mass is 32.2. The lowest BCUT2D eigenvalue weighted by atomic mass is 10.3. The zero-order valence-electron chi connectivity index (χ0n) is 10.1. The van der Waals surface area contributed by atoms with Crippen LogP contribution in [0.2, 0.25) is 0 Å². The van der Waals surface area contributed by atoms with Gasteiger partial charge in [0.1, 0.15) is 5.82 Å². The Morgan fingerprint density at radius 2 is 2.10 bits per heavy atom. The average Bonchev–Trinajstić information content (AvgIpc) is 2.73. The first-order valence-electron chi connectivity index (χ1n) is 5.26. The summed E-state index contributed by atoms with van der Waals surface area (Å²) in [6.07, 6.45) is 1.50. The first-order chi connectivity index (χ1) is 9.29. The molecule has 2 rings (SSSR count). The molecule has 8 nitrogen and oxygen atoms in total. The van der Waals surface area contributed by atoms with Crippen LogP contribution in [0.25, 0.3) is 0 Å². The van der Waals surface area contributed by atoms with E-state index in [0.29, 0.717) is 6.07 Å². The smallest absolute Gasteiger partial charge is 0.274 e. The Bertz CT molecular complexity index is 771. The van der Waals surface area contributed by atoms with Crippen molar-refractivity contribution in [2.24, 2.45) is 7.05 Å². The zero-order valence-corrected chi connectivity index (χ0v) is 11.0. The molecule has 1 aromatic heterocycles. The Hall–Kier alpha value is -2.49. The molecule has 0 spiro atoms. The molecule has 10 heteroatoms. The van der Waals surface area contributed by atoms with Crippen LogP contribution in [0.1, 0.15) is 0 Å². The Morgan fingerprint density at radius 3 is 2.65 bits per heavy atom. The molecule has 0 unspecified atom stereocenters. The van der Waals surface area contributed by atoms with E-state index in [9.17, 15) is 22.9 Å². The summed E-state index contributed by atoms with van der Waals surface area (Å²) in [6, 6.07) is 3.60. The van der Waals surface area contributed by atoms with E-state index >= 15 is 0 Å². The SMILES string of the molecule is Cn1ccc(NS(=O)(=O)c2ccc(F)cc2[N+](=O)[O-])n1. The van der Waals surface area contributed by atoms with Gasteiger partial charge >= 0.3 is 0 Å². The molecule has 0 bridgehead atoms. The lowest BCUT2D eigenvalue weighted by molar-refractivity contribution is -0.388. The van der Waals surface area contributed by atoms with Gasteiger partial charge in [0, 0.05) is 19.3 Å². The zero-order chi connectivity index (χ0) is 14.9. The highest BCUT2D eigenvalue weighted by Gasteiger charge is 2.27. The monoisotopic (exact) mass is 300 g/mol. The second-order valence-corrected chi connectivity index (χ2v) is 5.50. The van der Waals surface area contributed by atoms with E-state index in [1.807, 2.05) is 0 Å². The van der Waals surface area contributed by atoms with Crippen molar-refractivity contribution < 1.29 is 17.7 Å². The predicted octanol–water partition coefficient (Wildman–Crippen LogP) is 1.27. The number of nitrogens with zero attached hydrogens (tertiary/aromatic N) is 3. The summed E-state index contributed by atoms with van der Waals surface area (Å²) < 4.78 is 40.6. The van der Waals surface area contributed by atoms with Gasteiger partial charge in [-0.05, 0) is 12.1 Å². The fraction of sp³-hybridized carbons (Fsp3) is 0.100. The number of sulfonamides is 1. The van der Waals surface area contributed by atoms with Crippen LogP contribution >= 0.6 is 0 Å². The number of nitro groups is 1. The number of anilines is 1. The summed E-state index contributed by atoms with van der Waals surface area (Å²) >= 11 is 0. The third-order valence-corrected chi connectivity index (χ3v) is 3.76. The minimum absolute atomic E-state index is 0.00567. The van der Waals surface area contributed by atoms with Crippen molar-refractivity contribution in [3.63, 3.8) is 0 Å². The highest BCUT2D eigenvalue weighted by molar-refractivity contribution is 7.92. The molecule has 0 aliphatic carbocycles. The number of nitrogens with one attached hydrogen (secondary N) is 1. The van der Waals surface area contributed by atoms with E-state index < -0.39 is 31.3 Å². The van der Waals surface area contributed by atoms with Gasteiger partial charge in [0.25, 0.3) is 15.7 Å². The average molecular weight is 300 g/mol. The van der Waals surface area contributed by atoms with E-state index in [-0.39, 0.29) is 5.82 Å². The lowest BCUT2D eigenvalue weighted by Gasteiger charge is -2.06. The first kappa shape index (κ1) is 13.9. The molecule has 1 heterocycles. The maximum Gasteiger partial charge on any atom is 0.292 e. The van der Waals surface area contributed by atoms with Crippen LogP contribution in [0.4, 0.5) is 15.9 Å². The Labute approximate surface area is 113 Å². The normalized spacial score (nSPS) is 11.3. The number of halogens is 1. The summed E-state index contributed by atoms with van der Waals surface area (Å²) in [7, 11) is -2.65. The lowest BCUT2D eigenvalue weighted by Crippen LogP contribution is -2.15. The Morgan fingerprint density at radius 1 is 1.40 bits per heavy atom. The molecule has 20 heavy (non-hydrogen) atoms. The van der Waals surface area contributed by atoms with Crippen molar-refractivity contribution in [2.45, 2.75) is 4.90 Å². The number of hydrogen-bond donors (Lipinski definition) is 1. The minimum atomic E-state index is -4.23. The van der Waals surface area contributed by atoms with E-state index in [1.165, 1.54) is 16.9 Å². The van der Waals surface area contributed by atoms with E-state index in [1.54, 1.807) is 7.05 Å². The number of hydrogen-bond acceptors (Lipinski definition) is 5. The van der Waals surface area contributed by atoms with Gasteiger partial charge in [-0.1, -0.05) is 0 Å². The van der Waals surface area contributed by atoms with Crippen molar-refractivity contribution in [3.8, 4) is 0 Å². The predicted molar refractivity (Wildman–Crippen MR) is 67.1 cm³/mol. The van der Waals surface area contributed by atoms with Gasteiger partial charge in [0.2, 0.25) is 0 Å². The minimum Gasteiger partial charge on any atom is -0.274 e. The molecule has 0 aliphatic heterocycles. The molecule has 0 atom stereocenters. The molecular formula is C10H9FN4O4S. The molecular weight excluding hydrogens is 291 g/mol. The standard InChI is InChI=1S/C10H9FN4O4S/c1-14-5-4-10(12-14)13-20(18,19)9-3-2-7(11)6-8(9)15(16)17/h2-6H,1H3,(H,12,13). The van der Waals surface area contributed by atoms with Crippen molar-refractivity contribution in [1.82, 2.24) is 9.78 Å². The van der Waals surface area contributed by atoms with Crippen molar-refractivity contribution >= 4 is 21.5 Å². The first-order valence-corrected chi connectivity index (χ1v) is 6.74. The van der Waals surface area contributed by atoms with E-state index in [0.717, 1.165) is 12.1 Å². The van der Waals surface area contributed by atoms with Crippen LogP contribution in [-0.4, -0.2) is 23.1 Å². The van der Waals surface area contributed by atoms with E-state index in [2.05, 4.69) is 9.82 Å². The summed E-state index contributed by atoms with van der Waals surface area (Å²) in [5.74, 6) is -0.889. The van der Waals surface area contributed by atoms with Gasteiger partial charge in [0.15, 0.2) is 10.7 Å². The van der Waals surface area contributed by atoms with Crippen LogP contribution in [0.3, 0.4) is 0 Å². The molecule has 0 saturated carbocycles. The number of benzene rings is 1. The fourth-order valence-electron chi connectivity index (χ4n) is 1.52. The van der Waals surface area contributed by atoms with E-state index in [4.69, 9.17) is 0 Å². The summed E-state index contributed by atoms with van der Waals surface area (Å²) in [5.41, 5.74) is -0.839. The van der Waals surface area contributed by atoms with Crippen LogP contribution in [0, 0.1) is 15.9 Å². The quantitative estimate of drug-likeness (QED) is 0.675. The molecule has 2 aromatic rings. The van der Waals surface area contributed by atoms with Crippen LogP contribution in [0.5, 0.6) is 0 Å². The van der Waals surface area contributed by atoms with Gasteiger partial charge in [-0.25, -0.2) is 12.8 Å². The third-order valence-electron chi connectivity index (χ3n) is 2.36. The molecule has 0 aliphatic rings. The number of rotatable bonds is 4. The van der Waals surface area contributed by atoms with Crippen LogP contribution in [0.15, 0.2) is 35.4 Å². The molecule has 0 saturated heterocycles. The largest absolute Gasteiger partial charge is 0.292 e. The third kappa shape index (κ3) is 2.74. The molecule has 1 N–H and O–H groups in total. The fourth-order valence-corrected chi connectivity index (χ4v) is 2.67. The Kier molecular flexibility index (Phi) is 3.40. The molecule has 1 aromatic carbocycles. The van der Waals surface area contributed by atoms with Gasteiger partial charge in [-0.2, -0.15) is 5.10 Å². The summed E-state index contributed by atoms with van der Waals surface area (Å²) in [5, 5.41) is 14.6. The number of aromatic nitrogens is 2. The molecule has 0 radical (unpaired) electrons. The van der Waals surface area contributed by atoms with Gasteiger partial charge < -0.3 is 0 Å². The van der Waals surface area contributed by atoms with Crippen molar-refractivity contribution in [2.75, 3.05) is 4.72 Å². The topological polar surface area (TPSA) is 107 Å². The number of nitro benzene ring substituents is 1. The van der Waals surface area contributed by atoms with Crippen molar-refractivity contribution in [3.05, 3.63) is 46.4 Å². The summed E-state index contributed by atoms with van der Waals surface area (Å²) in [4.78, 5) is 9.21. The van der Waals surface area contributed by atoms with Crippen molar-refractivity contribution in [1.29, 1.82) is 0 Å². The van der Waals surface area contributed by atoms with Gasteiger partial charge in [0.05, 0.1) is 11.0 Å². The van der Waals surface area contributed by atoms with Gasteiger partial charge in [-0.3, -0.25) is 19.5 Å². The molecule has 0 fully saturated rings. The maximum absolute atomic E-state index is 13.0. The molecule has 106 valence electrons.